The number of carbonyl (C=O) groups is 1. The van der Waals surface area contributed by atoms with Crippen LogP contribution >= 0.6 is 0 Å². The van der Waals surface area contributed by atoms with Crippen molar-refractivity contribution in [2.75, 3.05) is 26.9 Å². The van der Waals surface area contributed by atoms with Gasteiger partial charge >= 0.3 is 6.61 Å². The highest BCUT2D eigenvalue weighted by molar-refractivity contribution is 5.81. The van der Waals surface area contributed by atoms with Gasteiger partial charge in [-0.25, -0.2) is 0 Å². The number of rotatable bonds is 8. The van der Waals surface area contributed by atoms with Crippen LogP contribution < -0.4 is 15.2 Å². The normalized spacial score (nSPS) is 16.4. The van der Waals surface area contributed by atoms with E-state index in [-0.39, 0.29) is 23.3 Å². The molecule has 2 N–H and O–H groups in total. The first kappa shape index (κ1) is 20.4. The van der Waals surface area contributed by atoms with Crippen molar-refractivity contribution < 1.29 is 27.8 Å². The lowest BCUT2D eigenvalue weighted by molar-refractivity contribution is -0.133. The molecule has 2 rings (SSSR count). The Bertz CT molecular complexity index is 595. The number of benzene rings is 1. The van der Waals surface area contributed by atoms with E-state index in [9.17, 15) is 13.6 Å². The average Bonchev–Trinajstić information content (AvgIpc) is 2.63. The van der Waals surface area contributed by atoms with Gasteiger partial charge in [0.1, 0.15) is 0 Å². The van der Waals surface area contributed by atoms with Crippen molar-refractivity contribution in [1.29, 1.82) is 0 Å². The van der Waals surface area contributed by atoms with E-state index >= 15 is 0 Å². The molecule has 0 saturated carbocycles. The zero-order valence-electron chi connectivity index (χ0n) is 15.1. The molecule has 1 aliphatic rings. The summed E-state index contributed by atoms with van der Waals surface area (Å²) < 4.78 is 40.1. The second-order valence-electron chi connectivity index (χ2n) is 6.26. The quantitative estimate of drug-likeness (QED) is 0.759. The van der Waals surface area contributed by atoms with E-state index in [0.717, 1.165) is 18.4 Å². The Kier molecular flexibility index (Phi) is 7.59. The highest BCUT2D eigenvalue weighted by Gasteiger charge is 2.28. The van der Waals surface area contributed by atoms with Gasteiger partial charge in [-0.15, -0.1) is 0 Å². The largest absolute Gasteiger partial charge is 0.490 e. The second-order valence-corrected chi connectivity index (χ2v) is 6.26. The fourth-order valence-corrected chi connectivity index (χ4v) is 3.00. The molecule has 0 aromatic heterocycles. The second kappa shape index (κ2) is 9.68. The molecule has 0 aliphatic carbocycles. The molecule has 26 heavy (non-hydrogen) atoms. The first-order chi connectivity index (χ1) is 12.4. The number of halogens is 2. The summed E-state index contributed by atoms with van der Waals surface area (Å²) in [5, 5.41) is 0. The number of nitrogens with two attached hydrogens (primary N) is 1. The Morgan fingerprint density at radius 2 is 2.04 bits per heavy atom. The number of hydrogen-bond donors (Lipinski definition) is 1. The van der Waals surface area contributed by atoms with Gasteiger partial charge < -0.3 is 24.8 Å². The van der Waals surface area contributed by atoms with Crippen LogP contribution in [-0.4, -0.2) is 50.3 Å². The minimum atomic E-state index is -2.93. The molecule has 6 nitrogen and oxygen atoms in total. The maximum absolute atomic E-state index is 12.6. The number of amides is 1. The van der Waals surface area contributed by atoms with Gasteiger partial charge in [-0.1, -0.05) is 6.07 Å². The van der Waals surface area contributed by atoms with Crippen LogP contribution in [0.3, 0.4) is 0 Å². The summed E-state index contributed by atoms with van der Waals surface area (Å²) in [6.07, 6.45) is 1.55. The first-order valence-electron chi connectivity index (χ1n) is 8.71. The molecule has 1 heterocycles. The lowest BCUT2D eigenvalue weighted by Gasteiger charge is -2.30. The molecule has 1 aliphatic heterocycles. The van der Waals surface area contributed by atoms with Crippen LogP contribution in [0.1, 0.15) is 25.3 Å². The minimum Gasteiger partial charge on any atom is -0.490 e. The van der Waals surface area contributed by atoms with Gasteiger partial charge in [0.2, 0.25) is 5.91 Å². The van der Waals surface area contributed by atoms with E-state index < -0.39 is 12.7 Å². The van der Waals surface area contributed by atoms with E-state index in [1.807, 2.05) is 0 Å². The summed E-state index contributed by atoms with van der Waals surface area (Å²) in [5.74, 6) is 0.153. The van der Waals surface area contributed by atoms with E-state index in [1.54, 1.807) is 31.0 Å². The van der Waals surface area contributed by atoms with Crippen LogP contribution in [0, 0.1) is 5.92 Å². The Hall–Kier alpha value is -1.93. The molecule has 1 atom stereocenters. The molecule has 8 heteroatoms. The molecule has 1 amide bonds. The van der Waals surface area contributed by atoms with Gasteiger partial charge in [0.05, 0.1) is 12.6 Å². The molecule has 1 saturated heterocycles. The fourth-order valence-electron chi connectivity index (χ4n) is 3.00. The molecule has 0 spiro atoms. The fraction of sp³-hybridized carbons (Fsp3) is 0.611. The third-order valence-corrected chi connectivity index (χ3v) is 4.38. The molecule has 1 aromatic carbocycles. The van der Waals surface area contributed by atoms with Crippen LogP contribution in [-0.2, 0) is 16.1 Å². The Balaban J connectivity index is 2.03. The lowest BCUT2D eigenvalue weighted by Crippen LogP contribution is -2.47. The zero-order valence-corrected chi connectivity index (χ0v) is 15.1. The number of hydrogen-bond acceptors (Lipinski definition) is 5. The summed E-state index contributed by atoms with van der Waals surface area (Å²) >= 11 is 0. The Morgan fingerprint density at radius 3 is 2.65 bits per heavy atom. The van der Waals surface area contributed by atoms with Crippen LogP contribution in [0.5, 0.6) is 11.5 Å². The highest BCUT2D eigenvalue weighted by Crippen LogP contribution is 2.30. The predicted octanol–water partition coefficient (Wildman–Crippen LogP) is 2.40. The monoisotopic (exact) mass is 372 g/mol. The Labute approximate surface area is 152 Å². The third kappa shape index (κ3) is 5.54. The van der Waals surface area contributed by atoms with E-state index in [2.05, 4.69) is 4.74 Å². The molecule has 0 radical (unpaired) electrons. The number of alkyl halides is 2. The van der Waals surface area contributed by atoms with E-state index in [0.29, 0.717) is 26.4 Å². The molecule has 1 aromatic rings. The summed E-state index contributed by atoms with van der Waals surface area (Å²) in [5.41, 5.74) is 6.87. The summed E-state index contributed by atoms with van der Waals surface area (Å²) in [4.78, 5) is 14.1. The van der Waals surface area contributed by atoms with Crippen LogP contribution in [0.2, 0.25) is 0 Å². The van der Waals surface area contributed by atoms with Gasteiger partial charge in [-0.3, -0.25) is 4.79 Å². The number of carbonyl (C=O) groups excluding carboxylic acids is 1. The van der Waals surface area contributed by atoms with Crippen LogP contribution in [0.15, 0.2) is 18.2 Å². The highest BCUT2D eigenvalue weighted by atomic mass is 19.3. The zero-order chi connectivity index (χ0) is 19.1. The van der Waals surface area contributed by atoms with Crippen LogP contribution in [0.25, 0.3) is 0 Å². The van der Waals surface area contributed by atoms with E-state index in [4.69, 9.17) is 15.2 Å². The molecular weight excluding hydrogens is 346 g/mol. The number of nitrogens with zero attached hydrogens (tertiary/aromatic N) is 1. The average molecular weight is 372 g/mol. The molecule has 1 unspecified atom stereocenters. The van der Waals surface area contributed by atoms with Crippen molar-refractivity contribution in [2.24, 2.45) is 11.7 Å². The van der Waals surface area contributed by atoms with Gasteiger partial charge in [-0.2, -0.15) is 8.78 Å². The van der Waals surface area contributed by atoms with Crippen molar-refractivity contribution in [3.8, 4) is 11.5 Å². The van der Waals surface area contributed by atoms with Crippen molar-refractivity contribution in [3.05, 3.63) is 23.8 Å². The Morgan fingerprint density at radius 1 is 1.35 bits per heavy atom. The predicted molar refractivity (Wildman–Crippen MR) is 92.2 cm³/mol. The SMILES string of the molecule is CCOc1cc(CN(C)C(=O)C(N)C2CCOCC2)ccc1OC(F)F. The summed E-state index contributed by atoms with van der Waals surface area (Å²) in [6, 6.07) is 4.08. The number of likely N-dealkylation sites (N-methyl/N-ethyl adjacent to an activating group) is 1. The lowest BCUT2D eigenvalue weighted by atomic mass is 9.91. The summed E-state index contributed by atoms with van der Waals surface area (Å²) in [7, 11) is 1.67. The van der Waals surface area contributed by atoms with Gasteiger partial charge in [-0.05, 0) is 43.4 Å². The maximum Gasteiger partial charge on any atom is 0.387 e. The minimum absolute atomic E-state index is 0.0292. The van der Waals surface area contributed by atoms with Gasteiger partial charge in [0.25, 0.3) is 0 Å². The number of ether oxygens (including phenoxy) is 3. The standard InChI is InChI=1S/C18H26F2N2O4/c1-3-25-15-10-12(4-5-14(15)26-18(19)20)11-22(2)17(23)16(21)13-6-8-24-9-7-13/h4-5,10,13,16,18H,3,6-9,11,21H2,1-2H3. The maximum atomic E-state index is 12.6. The van der Waals surface area contributed by atoms with Gasteiger partial charge in [0.15, 0.2) is 11.5 Å². The van der Waals surface area contributed by atoms with Gasteiger partial charge in [0, 0.05) is 26.8 Å². The van der Waals surface area contributed by atoms with E-state index in [1.165, 1.54) is 6.07 Å². The first-order valence-corrected chi connectivity index (χ1v) is 8.71. The summed E-state index contributed by atoms with van der Waals surface area (Å²) in [6.45, 7) is 0.678. The molecule has 0 bridgehead atoms. The molecule has 146 valence electrons. The van der Waals surface area contributed by atoms with Crippen molar-refractivity contribution in [3.63, 3.8) is 0 Å². The topological polar surface area (TPSA) is 74.0 Å². The van der Waals surface area contributed by atoms with Crippen molar-refractivity contribution in [2.45, 2.75) is 39.0 Å². The smallest absolute Gasteiger partial charge is 0.387 e. The molecular formula is C18H26F2N2O4. The molecule has 1 fully saturated rings. The third-order valence-electron chi connectivity index (χ3n) is 4.38. The van der Waals surface area contributed by atoms with Crippen molar-refractivity contribution >= 4 is 5.91 Å². The van der Waals surface area contributed by atoms with Crippen LogP contribution in [0.4, 0.5) is 8.78 Å². The van der Waals surface area contributed by atoms with Crippen molar-refractivity contribution in [1.82, 2.24) is 4.90 Å².